The topological polar surface area (TPSA) is 72.6 Å². The molecule has 0 fully saturated rings. The van der Waals surface area contributed by atoms with E-state index in [1.165, 1.54) is 0 Å². The molecule has 1 atom stereocenters. The molecule has 0 aliphatic rings. The normalized spacial score (nSPS) is 12.0. The van der Waals surface area contributed by atoms with E-state index in [0.29, 0.717) is 28.0 Å². The van der Waals surface area contributed by atoms with Crippen LogP contribution in [0.5, 0.6) is 5.75 Å². The van der Waals surface area contributed by atoms with Gasteiger partial charge in [0.2, 0.25) is 0 Å². The van der Waals surface area contributed by atoms with Gasteiger partial charge in [0.25, 0.3) is 0 Å². The van der Waals surface area contributed by atoms with E-state index in [1.807, 2.05) is 0 Å². The van der Waals surface area contributed by atoms with Crippen molar-refractivity contribution < 1.29 is 14.6 Å². The molecule has 0 radical (unpaired) electrons. The predicted molar refractivity (Wildman–Crippen MR) is 81.8 cm³/mol. The number of carboxylic acid groups (broad SMARTS) is 1. The zero-order valence-electron chi connectivity index (χ0n) is 10.9. The Labute approximate surface area is 132 Å². The van der Waals surface area contributed by atoms with Gasteiger partial charge in [0, 0.05) is 15.6 Å². The fraction of sp³-hybridized carbons (Fsp3) is 0.133. The predicted octanol–water partition coefficient (Wildman–Crippen LogP) is 3.66. The molecule has 0 saturated carbocycles. The minimum Gasteiger partial charge on any atom is -0.489 e. The molecule has 0 unspecified atom stereocenters. The van der Waals surface area contributed by atoms with Crippen LogP contribution in [0.15, 0.2) is 42.5 Å². The van der Waals surface area contributed by atoms with E-state index in [9.17, 15) is 4.79 Å². The standard InChI is InChI=1S/C15H13Cl2NO3/c16-11-4-1-10(13(17)7-11)8-21-12-5-2-9(3-6-12)14(18)15(19)20/h1-7,14H,8,18H2,(H,19,20)/t14-/m0/s1. The molecule has 4 nitrogen and oxygen atoms in total. The van der Waals surface area contributed by atoms with Crippen LogP contribution >= 0.6 is 23.2 Å². The lowest BCUT2D eigenvalue weighted by atomic mass is 10.1. The molecule has 0 spiro atoms. The fourth-order valence-electron chi connectivity index (χ4n) is 1.71. The first-order valence-corrected chi connectivity index (χ1v) is 6.88. The third-order valence-corrected chi connectivity index (χ3v) is 3.50. The average Bonchev–Trinajstić information content (AvgIpc) is 2.46. The minimum absolute atomic E-state index is 0.292. The summed E-state index contributed by atoms with van der Waals surface area (Å²) in [7, 11) is 0. The van der Waals surface area contributed by atoms with Gasteiger partial charge in [-0.3, -0.25) is 4.79 Å². The van der Waals surface area contributed by atoms with Crippen molar-refractivity contribution in [3.63, 3.8) is 0 Å². The highest BCUT2D eigenvalue weighted by molar-refractivity contribution is 6.35. The summed E-state index contributed by atoms with van der Waals surface area (Å²) in [5.41, 5.74) is 6.84. The van der Waals surface area contributed by atoms with Crippen molar-refractivity contribution in [1.29, 1.82) is 0 Å². The van der Waals surface area contributed by atoms with Crippen LogP contribution in [0.2, 0.25) is 10.0 Å². The van der Waals surface area contributed by atoms with E-state index in [2.05, 4.69) is 0 Å². The molecule has 0 aliphatic heterocycles. The van der Waals surface area contributed by atoms with Crippen LogP contribution in [0.1, 0.15) is 17.2 Å². The summed E-state index contributed by atoms with van der Waals surface area (Å²) in [6.07, 6.45) is 0. The van der Waals surface area contributed by atoms with Gasteiger partial charge in [-0.2, -0.15) is 0 Å². The van der Waals surface area contributed by atoms with Crippen molar-refractivity contribution in [1.82, 2.24) is 0 Å². The second-order valence-electron chi connectivity index (χ2n) is 4.41. The van der Waals surface area contributed by atoms with E-state index in [4.69, 9.17) is 38.8 Å². The van der Waals surface area contributed by atoms with Crippen LogP contribution in [0.3, 0.4) is 0 Å². The van der Waals surface area contributed by atoms with E-state index >= 15 is 0 Å². The Hall–Kier alpha value is -1.75. The zero-order chi connectivity index (χ0) is 15.4. The van der Waals surface area contributed by atoms with Crippen molar-refractivity contribution in [3.05, 3.63) is 63.6 Å². The van der Waals surface area contributed by atoms with Gasteiger partial charge in [-0.25, -0.2) is 0 Å². The van der Waals surface area contributed by atoms with E-state index < -0.39 is 12.0 Å². The molecule has 0 bridgehead atoms. The SMILES string of the molecule is N[C@H](C(=O)O)c1ccc(OCc2ccc(Cl)cc2Cl)cc1. The molecule has 0 heterocycles. The quantitative estimate of drug-likeness (QED) is 0.879. The van der Waals surface area contributed by atoms with E-state index in [1.54, 1.807) is 42.5 Å². The van der Waals surface area contributed by atoms with Crippen LogP contribution in [0.25, 0.3) is 0 Å². The van der Waals surface area contributed by atoms with Gasteiger partial charge in [-0.05, 0) is 29.8 Å². The lowest BCUT2D eigenvalue weighted by molar-refractivity contribution is -0.138. The molecule has 6 heteroatoms. The van der Waals surface area contributed by atoms with Gasteiger partial charge in [-0.1, -0.05) is 41.4 Å². The second kappa shape index (κ2) is 6.80. The molecule has 3 N–H and O–H groups in total. The van der Waals surface area contributed by atoms with E-state index in [-0.39, 0.29) is 0 Å². The molecule has 0 amide bonds. The maximum atomic E-state index is 10.8. The monoisotopic (exact) mass is 325 g/mol. The molecular formula is C15H13Cl2NO3. The molecule has 0 saturated heterocycles. The van der Waals surface area contributed by atoms with Gasteiger partial charge in [-0.15, -0.1) is 0 Å². The summed E-state index contributed by atoms with van der Waals surface area (Å²) >= 11 is 11.9. The zero-order valence-corrected chi connectivity index (χ0v) is 12.4. The smallest absolute Gasteiger partial charge is 0.325 e. The van der Waals surface area contributed by atoms with Crippen LogP contribution in [-0.2, 0) is 11.4 Å². The Morgan fingerprint density at radius 1 is 1.19 bits per heavy atom. The second-order valence-corrected chi connectivity index (χ2v) is 5.25. The number of hydrogen-bond acceptors (Lipinski definition) is 3. The molecule has 0 aromatic heterocycles. The third kappa shape index (κ3) is 4.11. The average molecular weight is 326 g/mol. The molecule has 2 aromatic rings. The summed E-state index contributed by atoms with van der Waals surface area (Å²) in [6.45, 7) is 0.292. The first-order valence-electron chi connectivity index (χ1n) is 6.12. The lowest BCUT2D eigenvalue weighted by Crippen LogP contribution is -2.20. The van der Waals surface area contributed by atoms with Crippen LogP contribution < -0.4 is 10.5 Å². The van der Waals surface area contributed by atoms with Gasteiger partial charge in [0.15, 0.2) is 0 Å². The summed E-state index contributed by atoms with van der Waals surface area (Å²) in [5.74, 6) is -0.473. The van der Waals surface area contributed by atoms with Gasteiger partial charge < -0.3 is 15.6 Å². The number of benzene rings is 2. The van der Waals surface area contributed by atoms with Crippen molar-refractivity contribution >= 4 is 29.2 Å². The number of carbonyl (C=O) groups is 1. The van der Waals surface area contributed by atoms with Crippen LogP contribution in [0.4, 0.5) is 0 Å². The van der Waals surface area contributed by atoms with Gasteiger partial charge in [0.05, 0.1) is 0 Å². The highest BCUT2D eigenvalue weighted by atomic mass is 35.5. The van der Waals surface area contributed by atoms with Gasteiger partial charge in [0.1, 0.15) is 18.4 Å². The summed E-state index contributed by atoms with van der Waals surface area (Å²) in [4.78, 5) is 10.8. The molecule has 2 rings (SSSR count). The largest absolute Gasteiger partial charge is 0.489 e. The van der Waals surface area contributed by atoms with Crippen molar-refractivity contribution in [3.8, 4) is 5.75 Å². The number of aliphatic carboxylic acids is 1. The van der Waals surface area contributed by atoms with Gasteiger partial charge >= 0.3 is 5.97 Å². The Balaban J connectivity index is 2.02. The first kappa shape index (κ1) is 15.6. The Morgan fingerprint density at radius 3 is 2.43 bits per heavy atom. The third-order valence-electron chi connectivity index (χ3n) is 2.91. The highest BCUT2D eigenvalue weighted by Gasteiger charge is 2.13. The fourth-order valence-corrected chi connectivity index (χ4v) is 2.18. The van der Waals surface area contributed by atoms with Crippen LogP contribution in [0, 0.1) is 0 Å². The number of halogens is 2. The number of ether oxygens (including phenoxy) is 1. The molecule has 21 heavy (non-hydrogen) atoms. The number of nitrogens with two attached hydrogens (primary N) is 1. The number of hydrogen-bond donors (Lipinski definition) is 2. The summed E-state index contributed by atoms with van der Waals surface area (Å²) < 4.78 is 5.59. The van der Waals surface area contributed by atoms with Crippen LogP contribution in [-0.4, -0.2) is 11.1 Å². The number of carboxylic acids is 1. The van der Waals surface area contributed by atoms with E-state index in [0.717, 1.165) is 5.56 Å². The molecule has 0 aliphatic carbocycles. The van der Waals surface area contributed by atoms with Crippen molar-refractivity contribution in [2.75, 3.05) is 0 Å². The van der Waals surface area contributed by atoms with Crippen molar-refractivity contribution in [2.45, 2.75) is 12.6 Å². The highest BCUT2D eigenvalue weighted by Crippen LogP contribution is 2.23. The molecule has 2 aromatic carbocycles. The summed E-state index contributed by atoms with van der Waals surface area (Å²) in [5, 5.41) is 9.93. The Kier molecular flexibility index (Phi) is 5.07. The maximum Gasteiger partial charge on any atom is 0.325 e. The number of rotatable bonds is 5. The van der Waals surface area contributed by atoms with Crippen molar-refractivity contribution in [2.24, 2.45) is 5.73 Å². The Bertz CT molecular complexity index is 644. The molecule has 110 valence electrons. The minimum atomic E-state index is -1.07. The first-order chi connectivity index (χ1) is 9.97. The Morgan fingerprint density at radius 2 is 1.86 bits per heavy atom. The summed E-state index contributed by atoms with van der Waals surface area (Å²) in [6, 6.07) is 10.7. The maximum absolute atomic E-state index is 10.8. The lowest BCUT2D eigenvalue weighted by Gasteiger charge is -2.10. The molecular weight excluding hydrogens is 313 g/mol.